The number of aliphatic hydroxyl groups is 11. The summed E-state index contributed by atoms with van der Waals surface area (Å²) >= 11 is 0. The summed E-state index contributed by atoms with van der Waals surface area (Å²) in [4.78, 5) is 13.2. The molecule has 3 rings (SSSR count). The van der Waals surface area contributed by atoms with Crippen molar-refractivity contribution in [1.29, 1.82) is 0 Å². The van der Waals surface area contributed by atoms with Crippen molar-refractivity contribution in [2.45, 2.75) is 253 Å². The van der Waals surface area contributed by atoms with Crippen molar-refractivity contribution in [2.24, 2.45) is 0 Å². The summed E-state index contributed by atoms with van der Waals surface area (Å²) in [6, 6.07) is -0.889. The van der Waals surface area contributed by atoms with Gasteiger partial charge in [-0.15, -0.1) is 0 Å². The summed E-state index contributed by atoms with van der Waals surface area (Å²) in [6.07, 6.45) is 6.99. The molecule has 19 nitrogen and oxygen atoms in total. The first-order valence-electron chi connectivity index (χ1n) is 26.2. The van der Waals surface area contributed by atoms with Gasteiger partial charge in [0.1, 0.15) is 73.2 Å². The second kappa shape index (κ2) is 36.0. The minimum atomic E-state index is -1.97. The van der Waals surface area contributed by atoms with Gasteiger partial charge in [0.05, 0.1) is 38.6 Å². The van der Waals surface area contributed by atoms with E-state index in [9.17, 15) is 61.0 Å². The fourth-order valence-corrected chi connectivity index (χ4v) is 8.85. The number of rotatable bonds is 36. The van der Waals surface area contributed by atoms with Gasteiger partial charge in [0.2, 0.25) is 5.91 Å². The van der Waals surface area contributed by atoms with Crippen LogP contribution >= 0.6 is 0 Å². The van der Waals surface area contributed by atoms with Gasteiger partial charge in [-0.2, -0.15) is 0 Å². The topological polar surface area (TPSA) is 307 Å². The average Bonchev–Trinajstić information content (AvgIpc) is 3.35. The third-order valence-corrected chi connectivity index (χ3v) is 13.2. The van der Waals surface area contributed by atoms with E-state index in [1.807, 2.05) is 0 Å². The molecule has 0 saturated carbocycles. The van der Waals surface area contributed by atoms with E-state index in [1.54, 1.807) is 0 Å². The molecule has 0 aromatic heterocycles. The number of aliphatic hydroxyl groups excluding tert-OH is 11. The first-order valence-corrected chi connectivity index (χ1v) is 26.2. The van der Waals surface area contributed by atoms with Crippen LogP contribution in [0.25, 0.3) is 0 Å². The number of unbranched alkanes of at least 4 members (excludes halogenated alkanes) is 14. The van der Waals surface area contributed by atoms with E-state index >= 15 is 0 Å². The molecule has 0 spiro atoms. The van der Waals surface area contributed by atoms with E-state index in [0.717, 1.165) is 96.3 Å². The number of nitrogens with one attached hydrogen (secondary N) is 1. The van der Waals surface area contributed by atoms with E-state index in [-0.39, 0.29) is 18.9 Å². The van der Waals surface area contributed by atoms with Crippen molar-refractivity contribution in [1.82, 2.24) is 5.32 Å². The molecule has 12 N–H and O–H groups in total. The third-order valence-electron chi connectivity index (χ3n) is 13.2. The summed E-state index contributed by atoms with van der Waals surface area (Å²) in [6.45, 7) is 1.59. The lowest BCUT2D eigenvalue weighted by molar-refractivity contribution is -0.379. The predicted molar refractivity (Wildman–Crippen MR) is 259 cm³/mol. The van der Waals surface area contributed by atoms with E-state index in [2.05, 4.69) is 55.6 Å². The Balaban J connectivity index is 1.52. The summed E-state index contributed by atoms with van der Waals surface area (Å²) < 4.78 is 34.1. The van der Waals surface area contributed by atoms with Gasteiger partial charge in [0, 0.05) is 6.42 Å². The van der Waals surface area contributed by atoms with Crippen LogP contribution in [0, 0.1) is 0 Å². The molecule has 17 atom stereocenters. The van der Waals surface area contributed by atoms with Crippen molar-refractivity contribution in [3.05, 3.63) is 36.5 Å². The molecule has 0 aliphatic carbocycles. The van der Waals surface area contributed by atoms with Crippen LogP contribution in [-0.4, -0.2) is 193 Å². The van der Waals surface area contributed by atoms with Crippen molar-refractivity contribution in [3.8, 4) is 0 Å². The maximum Gasteiger partial charge on any atom is 0.220 e. The van der Waals surface area contributed by atoms with E-state index < -0.39 is 124 Å². The van der Waals surface area contributed by atoms with Crippen molar-refractivity contribution in [3.63, 3.8) is 0 Å². The summed E-state index contributed by atoms with van der Waals surface area (Å²) in [5, 5.41) is 120. The van der Waals surface area contributed by atoms with Gasteiger partial charge in [-0.05, 0) is 44.9 Å². The molecule has 3 heterocycles. The van der Waals surface area contributed by atoms with Gasteiger partial charge in [-0.25, -0.2) is 0 Å². The standard InChI is InChI=1S/C51H91NO18/c1-3-5-7-9-11-13-14-15-16-17-18-19-20-21-23-25-27-29-39(57)52-34(35(56)28-26-24-22-12-10-8-6-4-2)33-65-49-45(63)42(60)47(37(31-54)67-49)70-51-46(64)43(61)48(38(32-55)68-51)69-50-44(62)41(59)40(58)36(30-53)66-50/h5,7,11,13,15-16,34-38,40-51,53-56,58-64H,3-4,6,8-10,12,14,17-33H2,1-2H3,(H,52,57)/b7-5-,13-11-,16-15-. The van der Waals surface area contributed by atoms with Gasteiger partial charge in [0.15, 0.2) is 18.9 Å². The lowest BCUT2D eigenvalue weighted by Gasteiger charge is -2.48. The zero-order valence-corrected chi connectivity index (χ0v) is 41.7. The summed E-state index contributed by atoms with van der Waals surface area (Å²) in [5.74, 6) is -0.260. The van der Waals surface area contributed by atoms with Crippen molar-refractivity contribution >= 4 is 5.91 Å². The van der Waals surface area contributed by atoms with E-state index in [1.165, 1.54) is 19.3 Å². The normalized spacial score (nSPS) is 32.8. The first kappa shape index (κ1) is 62.3. The van der Waals surface area contributed by atoms with Crippen LogP contribution in [0.1, 0.15) is 149 Å². The molecular weight excluding hydrogens is 915 g/mol. The number of carbonyl (C=O) groups is 1. The molecule has 0 radical (unpaired) electrons. The molecule has 70 heavy (non-hydrogen) atoms. The van der Waals surface area contributed by atoms with Crippen LogP contribution < -0.4 is 5.32 Å². The van der Waals surface area contributed by atoms with Crippen molar-refractivity contribution < 1.29 is 89.4 Å². The van der Waals surface area contributed by atoms with Crippen LogP contribution in [0.2, 0.25) is 0 Å². The maximum absolute atomic E-state index is 13.2. The highest BCUT2D eigenvalue weighted by Gasteiger charge is 2.53. The molecule has 17 unspecified atom stereocenters. The second-order valence-electron chi connectivity index (χ2n) is 19.0. The third kappa shape index (κ3) is 21.5. The molecule has 3 aliphatic rings. The number of ether oxygens (including phenoxy) is 6. The second-order valence-corrected chi connectivity index (χ2v) is 19.0. The Kier molecular flexibility index (Phi) is 32.1. The number of hydrogen-bond donors (Lipinski definition) is 12. The number of amides is 1. The Morgan fingerprint density at radius 2 is 0.986 bits per heavy atom. The average molecular weight is 1010 g/mol. The highest BCUT2D eigenvalue weighted by atomic mass is 16.8. The predicted octanol–water partition coefficient (Wildman–Crippen LogP) is 2.20. The molecule has 408 valence electrons. The Hall–Kier alpha value is -1.99. The fourth-order valence-electron chi connectivity index (χ4n) is 8.85. The Bertz CT molecular complexity index is 1440. The molecule has 0 aromatic rings. The van der Waals surface area contributed by atoms with E-state index in [0.29, 0.717) is 12.8 Å². The quantitative estimate of drug-likeness (QED) is 0.0316. The number of hydrogen-bond acceptors (Lipinski definition) is 18. The highest BCUT2D eigenvalue weighted by molar-refractivity contribution is 5.76. The van der Waals surface area contributed by atoms with E-state index in [4.69, 9.17) is 28.4 Å². The highest BCUT2D eigenvalue weighted by Crippen LogP contribution is 2.33. The maximum atomic E-state index is 13.2. The van der Waals surface area contributed by atoms with Crippen LogP contribution in [0.5, 0.6) is 0 Å². The first-order chi connectivity index (χ1) is 33.8. The lowest BCUT2D eigenvalue weighted by atomic mass is 9.96. The Morgan fingerprint density at radius 1 is 0.529 bits per heavy atom. The van der Waals surface area contributed by atoms with Crippen LogP contribution in [0.3, 0.4) is 0 Å². The van der Waals surface area contributed by atoms with Crippen LogP contribution in [-0.2, 0) is 33.2 Å². The van der Waals surface area contributed by atoms with Crippen molar-refractivity contribution in [2.75, 3.05) is 26.4 Å². The minimum Gasteiger partial charge on any atom is -0.394 e. The SMILES string of the molecule is CC/C=C\C/C=C\C/C=C\CCCCCCCCCC(=O)NC(COC1OC(CO)C(OC2OC(CO)C(OC3OC(CO)C(O)C(O)C3O)C(O)C2O)C(O)C1O)C(O)CCCCCCCCCC. The largest absolute Gasteiger partial charge is 0.394 e. The molecule has 19 heteroatoms. The Morgan fingerprint density at radius 3 is 1.54 bits per heavy atom. The lowest BCUT2D eigenvalue weighted by Crippen LogP contribution is -2.66. The molecule has 1 amide bonds. The molecule has 0 bridgehead atoms. The monoisotopic (exact) mass is 1010 g/mol. The van der Waals surface area contributed by atoms with Gasteiger partial charge < -0.3 is 89.9 Å². The van der Waals surface area contributed by atoms with Crippen LogP contribution in [0.15, 0.2) is 36.5 Å². The zero-order chi connectivity index (χ0) is 51.3. The van der Waals surface area contributed by atoms with Gasteiger partial charge >= 0.3 is 0 Å². The minimum absolute atomic E-state index is 0.254. The molecule has 3 saturated heterocycles. The van der Waals surface area contributed by atoms with Gasteiger partial charge in [-0.1, -0.05) is 134 Å². The summed E-state index contributed by atoms with van der Waals surface area (Å²) in [5.41, 5.74) is 0. The van der Waals surface area contributed by atoms with Gasteiger partial charge in [0.25, 0.3) is 0 Å². The molecular formula is C51H91NO18. The zero-order valence-electron chi connectivity index (χ0n) is 41.7. The smallest absolute Gasteiger partial charge is 0.220 e. The molecule has 0 aromatic carbocycles. The Labute approximate surface area is 415 Å². The summed E-state index contributed by atoms with van der Waals surface area (Å²) in [7, 11) is 0. The fraction of sp³-hybridized carbons (Fsp3) is 0.863. The van der Waals surface area contributed by atoms with Gasteiger partial charge in [-0.3, -0.25) is 4.79 Å². The van der Waals surface area contributed by atoms with Crippen LogP contribution in [0.4, 0.5) is 0 Å². The molecule has 3 aliphatic heterocycles. The number of allylic oxidation sites excluding steroid dienone is 6. The number of carbonyl (C=O) groups excluding carboxylic acids is 1. The molecule has 3 fully saturated rings.